The molecule has 0 aromatic heterocycles. The van der Waals surface area contributed by atoms with Gasteiger partial charge in [-0.2, -0.15) is 0 Å². The summed E-state index contributed by atoms with van der Waals surface area (Å²) >= 11 is 0. The zero-order chi connectivity index (χ0) is 15.2. The van der Waals surface area contributed by atoms with Crippen LogP contribution in [0.25, 0.3) is 11.6 Å². The third-order valence-corrected chi connectivity index (χ3v) is 4.13. The molecule has 0 atom stereocenters. The third-order valence-electron chi connectivity index (χ3n) is 4.13. The summed E-state index contributed by atoms with van der Waals surface area (Å²) in [4.78, 5) is 12.7. The highest BCUT2D eigenvalue weighted by Crippen LogP contribution is 2.22. The zero-order valence-electron chi connectivity index (χ0n) is 12.7. The van der Waals surface area contributed by atoms with Crippen molar-refractivity contribution < 1.29 is 4.79 Å². The highest BCUT2D eigenvalue weighted by Gasteiger charge is 2.20. The van der Waals surface area contributed by atoms with Gasteiger partial charge in [0.25, 0.3) is 5.91 Å². The fourth-order valence-corrected chi connectivity index (χ4v) is 2.95. The maximum Gasteiger partial charge on any atom is 0.252 e. The maximum atomic E-state index is 12.7. The molecule has 0 radical (unpaired) electrons. The molecule has 112 valence electrons. The van der Waals surface area contributed by atoms with E-state index < -0.39 is 0 Å². The number of carbonyl (C=O) groups excluding carboxylic acids is 1. The molecule has 1 amide bonds. The molecule has 2 aromatic rings. The second-order valence-corrected chi connectivity index (χ2v) is 5.79. The molecule has 0 spiro atoms. The first-order chi connectivity index (χ1) is 10.8. The summed E-state index contributed by atoms with van der Waals surface area (Å²) in [6.07, 6.45) is 6.60. The molecule has 0 unspecified atom stereocenters. The Morgan fingerprint density at radius 2 is 1.50 bits per heavy atom. The van der Waals surface area contributed by atoms with Gasteiger partial charge in [-0.15, -0.1) is 0 Å². The molecule has 0 aliphatic heterocycles. The van der Waals surface area contributed by atoms with Crippen LogP contribution in [0.5, 0.6) is 0 Å². The standard InChI is InChI=1S/C20H21NO/c22-20(21-18-13-7-8-14-18)19(17-11-5-2-6-12-17)15-16-9-3-1-4-10-16/h1-6,9-12,15,18H,7-8,13-14H2,(H,21,22). The lowest BCUT2D eigenvalue weighted by Gasteiger charge is -2.14. The molecule has 2 nitrogen and oxygen atoms in total. The van der Waals surface area contributed by atoms with E-state index >= 15 is 0 Å². The van der Waals surface area contributed by atoms with Gasteiger partial charge < -0.3 is 5.32 Å². The van der Waals surface area contributed by atoms with Crippen LogP contribution in [0.4, 0.5) is 0 Å². The first-order valence-electron chi connectivity index (χ1n) is 7.96. The van der Waals surface area contributed by atoms with Crippen LogP contribution in [-0.4, -0.2) is 11.9 Å². The van der Waals surface area contributed by atoms with Gasteiger partial charge >= 0.3 is 0 Å². The largest absolute Gasteiger partial charge is 0.349 e. The summed E-state index contributed by atoms with van der Waals surface area (Å²) in [5.74, 6) is 0.0296. The van der Waals surface area contributed by atoms with Gasteiger partial charge in [-0.3, -0.25) is 4.79 Å². The maximum absolute atomic E-state index is 12.7. The molecule has 22 heavy (non-hydrogen) atoms. The van der Waals surface area contributed by atoms with Crippen molar-refractivity contribution >= 4 is 17.6 Å². The van der Waals surface area contributed by atoms with Gasteiger partial charge in [0.15, 0.2) is 0 Å². The molecular formula is C20H21NO. The van der Waals surface area contributed by atoms with E-state index in [9.17, 15) is 4.79 Å². The quantitative estimate of drug-likeness (QED) is 0.661. The highest BCUT2D eigenvalue weighted by atomic mass is 16.1. The Labute approximate surface area is 131 Å². The van der Waals surface area contributed by atoms with Crippen molar-refractivity contribution in [3.05, 3.63) is 71.8 Å². The van der Waals surface area contributed by atoms with Crippen molar-refractivity contribution in [2.75, 3.05) is 0 Å². The molecule has 2 aromatic carbocycles. The molecule has 1 saturated carbocycles. The van der Waals surface area contributed by atoms with Gasteiger partial charge in [0.05, 0.1) is 0 Å². The van der Waals surface area contributed by atoms with E-state index in [2.05, 4.69) is 5.32 Å². The highest BCUT2D eigenvalue weighted by molar-refractivity contribution is 6.24. The van der Waals surface area contributed by atoms with E-state index in [1.54, 1.807) is 0 Å². The number of hydrogen-bond acceptors (Lipinski definition) is 1. The molecule has 1 N–H and O–H groups in total. The van der Waals surface area contributed by atoms with Crippen molar-refractivity contribution in [3.8, 4) is 0 Å². The monoisotopic (exact) mass is 291 g/mol. The van der Waals surface area contributed by atoms with Gasteiger partial charge in [-0.1, -0.05) is 73.5 Å². The summed E-state index contributed by atoms with van der Waals surface area (Å²) < 4.78 is 0. The van der Waals surface area contributed by atoms with Gasteiger partial charge in [-0.25, -0.2) is 0 Å². The fourth-order valence-electron chi connectivity index (χ4n) is 2.95. The summed E-state index contributed by atoms with van der Waals surface area (Å²) in [7, 11) is 0. The van der Waals surface area contributed by atoms with Crippen LogP contribution in [0.1, 0.15) is 36.8 Å². The molecule has 0 bridgehead atoms. The summed E-state index contributed by atoms with van der Waals surface area (Å²) in [5, 5.41) is 3.19. The minimum absolute atomic E-state index is 0.0296. The number of carbonyl (C=O) groups is 1. The number of amides is 1. The number of hydrogen-bond donors (Lipinski definition) is 1. The van der Waals surface area contributed by atoms with Gasteiger partial charge in [-0.05, 0) is 30.0 Å². The number of nitrogens with one attached hydrogen (secondary N) is 1. The molecule has 1 aliphatic rings. The van der Waals surface area contributed by atoms with Gasteiger partial charge in [0.1, 0.15) is 0 Å². The Kier molecular flexibility index (Phi) is 4.69. The van der Waals surface area contributed by atoms with Crippen LogP contribution in [0, 0.1) is 0 Å². The van der Waals surface area contributed by atoms with Crippen LogP contribution >= 0.6 is 0 Å². The van der Waals surface area contributed by atoms with Crippen molar-refractivity contribution in [1.29, 1.82) is 0 Å². The smallest absolute Gasteiger partial charge is 0.252 e. The molecule has 1 aliphatic carbocycles. The van der Waals surface area contributed by atoms with Crippen LogP contribution < -0.4 is 5.32 Å². The summed E-state index contributed by atoms with van der Waals surface area (Å²) in [6.45, 7) is 0. The number of benzene rings is 2. The zero-order valence-corrected chi connectivity index (χ0v) is 12.7. The van der Waals surface area contributed by atoms with Crippen molar-refractivity contribution in [2.24, 2.45) is 0 Å². The lowest BCUT2D eigenvalue weighted by molar-refractivity contribution is -0.116. The molecule has 1 fully saturated rings. The van der Waals surface area contributed by atoms with Gasteiger partial charge in [0, 0.05) is 11.6 Å². The second-order valence-electron chi connectivity index (χ2n) is 5.79. The van der Waals surface area contributed by atoms with Crippen LogP contribution in [-0.2, 0) is 4.79 Å². The SMILES string of the molecule is O=C(NC1CCCC1)C(=Cc1ccccc1)c1ccccc1. The van der Waals surface area contributed by atoms with Crippen molar-refractivity contribution in [3.63, 3.8) is 0 Å². The number of rotatable bonds is 4. The Bertz CT molecular complexity index is 640. The van der Waals surface area contributed by atoms with Gasteiger partial charge in [0.2, 0.25) is 0 Å². The Balaban J connectivity index is 1.89. The minimum atomic E-state index is 0.0296. The molecule has 2 heteroatoms. The first-order valence-corrected chi connectivity index (χ1v) is 7.96. The molecule has 0 heterocycles. The van der Waals surface area contributed by atoms with Crippen molar-refractivity contribution in [1.82, 2.24) is 5.32 Å². The van der Waals surface area contributed by atoms with Crippen LogP contribution in [0.2, 0.25) is 0 Å². The average molecular weight is 291 g/mol. The third kappa shape index (κ3) is 3.64. The molecule has 3 rings (SSSR count). The average Bonchev–Trinajstić information content (AvgIpc) is 3.07. The van der Waals surface area contributed by atoms with Crippen LogP contribution in [0.15, 0.2) is 60.7 Å². The Hall–Kier alpha value is -2.35. The van der Waals surface area contributed by atoms with E-state index in [1.807, 2.05) is 66.7 Å². The van der Waals surface area contributed by atoms with Crippen LogP contribution in [0.3, 0.4) is 0 Å². The summed E-state index contributed by atoms with van der Waals surface area (Å²) in [6, 6.07) is 20.2. The van der Waals surface area contributed by atoms with E-state index in [4.69, 9.17) is 0 Å². The first kappa shape index (κ1) is 14.6. The molecule has 0 saturated heterocycles. The fraction of sp³-hybridized carbons (Fsp3) is 0.250. The van der Waals surface area contributed by atoms with E-state index in [1.165, 1.54) is 12.8 Å². The lowest BCUT2D eigenvalue weighted by atomic mass is 10.0. The molecular weight excluding hydrogens is 270 g/mol. The predicted molar refractivity (Wildman–Crippen MR) is 91.2 cm³/mol. The summed E-state index contributed by atoms with van der Waals surface area (Å²) in [5.41, 5.74) is 2.74. The Morgan fingerprint density at radius 1 is 0.909 bits per heavy atom. The Morgan fingerprint density at radius 3 is 2.14 bits per heavy atom. The van der Waals surface area contributed by atoms with E-state index in [0.717, 1.165) is 29.5 Å². The normalized spacial score (nSPS) is 15.7. The lowest BCUT2D eigenvalue weighted by Crippen LogP contribution is -2.33. The van der Waals surface area contributed by atoms with E-state index in [-0.39, 0.29) is 5.91 Å². The minimum Gasteiger partial charge on any atom is -0.349 e. The van der Waals surface area contributed by atoms with E-state index in [0.29, 0.717) is 6.04 Å². The second kappa shape index (κ2) is 7.08. The topological polar surface area (TPSA) is 29.1 Å². The predicted octanol–water partition coefficient (Wildman–Crippen LogP) is 4.29. The van der Waals surface area contributed by atoms with Crippen molar-refractivity contribution in [2.45, 2.75) is 31.7 Å².